The lowest BCUT2D eigenvalue weighted by molar-refractivity contribution is 0.0954. The molecule has 1 heterocycles. The van der Waals surface area contributed by atoms with E-state index < -0.39 is 0 Å². The number of nitrogens with one attached hydrogen (secondary N) is 2. The minimum Gasteiger partial charge on any atom is -0.352 e. The van der Waals surface area contributed by atoms with E-state index in [9.17, 15) is 4.79 Å². The van der Waals surface area contributed by atoms with Crippen LogP contribution in [-0.2, 0) is 0 Å². The molecule has 0 unspecified atom stereocenters. The zero-order valence-corrected chi connectivity index (χ0v) is 17.9. The number of anilines is 2. The normalized spacial score (nSPS) is 13.4. The summed E-state index contributed by atoms with van der Waals surface area (Å²) in [7, 11) is 0. The van der Waals surface area contributed by atoms with E-state index in [1.165, 1.54) is 36.8 Å². The molecule has 0 saturated carbocycles. The number of benzene rings is 2. The second-order valence-electron chi connectivity index (χ2n) is 7.98. The van der Waals surface area contributed by atoms with E-state index in [1.54, 1.807) is 6.33 Å². The van der Waals surface area contributed by atoms with Gasteiger partial charge in [0.25, 0.3) is 5.91 Å². The monoisotopic (exact) mass is 412 g/mol. The van der Waals surface area contributed by atoms with Crippen molar-refractivity contribution in [2.45, 2.75) is 39.0 Å². The maximum Gasteiger partial charge on any atom is 0.251 e. The molecule has 0 spiro atoms. The molecule has 0 radical (unpaired) electrons. The predicted octanol–water partition coefficient (Wildman–Crippen LogP) is 5.82. The van der Waals surface area contributed by atoms with Gasteiger partial charge in [0.2, 0.25) is 0 Å². The summed E-state index contributed by atoms with van der Waals surface area (Å²) >= 11 is 0. The van der Waals surface area contributed by atoms with Crippen LogP contribution in [0.1, 0.15) is 48.0 Å². The van der Waals surface area contributed by atoms with Gasteiger partial charge in [-0.2, -0.15) is 0 Å². The van der Waals surface area contributed by atoms with Gasteiger partial charge in [-0.15, -0.1) is 0 Å². The van der Waals surface area contributed by atoms with Gasteiger partial charge in [-0.3, -0.25) is 4.79 Å². The van der Waals surface area contributed by atoms with Crippen molar-refractivity contribution in [2.75, 3.05) is 11.9 Å². The van der Waals surface area contributed by atoms with Crippen molar-refractivity contribution in [2.24, 2.45) is 0 Å². The molecule has 0 atom stereocenters. The lowest BCUT2D eigenvalue weighted by Gasteiger charge is -2.13. The Morgan fingerprint density at radius 1 is 1.03 bits per heavy atom. The average molecular weight is 413 g/mol. The van der Waals surface area contributed by atoms with E-state index in [4.69, 9.17) is 0 Å². The number of hydrogen-bond acceptors (Lipinski definition) is 4. The van der Waals surface area contributed by atoms with Crippen molar-refractivity contribution >= 4 is 17.4 Å². The molecule has 31 heavy (non-hydrogen) atoms. The first kappa shape index (κ1) is 20.8. The number of aryl methyl sites for hydroxylation is 1. The number of nitrogens with zero attached hydrogens (tertiary/aromatic N) is 2. The fourth-order valence-corrected chi connectivity index (χ4v) is 3.84. The SMILES string of the molecule is Cc1cccc(-c2cc(Nc3cccc(C(=O)NCCC4=CCCCC4)c3)ncn2)c1. The molecule has 0 bridgehead atoms. The first-order chi connectivity index (χ1) is 15.2. The molecule has 3 aromatic rings. The topological polar surface area (TPSA) is 66.9 Å². The zero-order valence-electron chi connectivity index (χ0n) is 17.9. The van der Waals surface area contributed by atoms with E-state index in [-0.39, 0.29) is 5.91 Å². The van der Waals surface area contributed by atoms with Gasteiger partial charge in [-0.25, -0.2) is 9.97 Å². The van der Waals surface area contributed by atoms with Crippen LogP contribution < -0.4 is 10.6 Å². The summed E-state index contributed by atoms with van der Waals surface area (Å²) in [4.78, 5) is 21.3. The first-order valence-electron chi connectivity index (χ1n) is 10.9. The molecule has 0 saturated heterocycles. The molecule has 5 heteroatoms. The largest absolute Gasteiger partial charge is 0.352 e. The molecular formula is C26H28N4O. The summed E-state index contributed by atoms with van der Waals surface area (Å²) < 4.78 is 0. The number of carbonyl (C=O) groups excluding carboxylic acids is 1. The Hall–Kier alpha value is -3.47. The quantitative estimate of drug-likeness (QED) is 0.480. The predicted molar refractivity (Wildman–Crippen MR) is 125 cm³/mol. The van der Waals surface area contributed by atoms with Crippen molar-refractivity contribution in [1.29, 1.82) is 0 Å². The highest BCUT2D eigenvalue weighted by atomic mass is 16.1. The minimum absolute atomic E-state index is 0.0526. The van der Waals surface area contributed by atoms with E-state index in [2.05, 4.69) is 45.7 Å². The maximum absolute atomic E-state index is 12.6. The van der Waals surface area contributed by atoms with Gasteiger partial charge in [0, 0.05) is 29.4 Å². The summed E-state index contributed by atoms with van der Waals surface area (Å²) in [5, 5.41) is 6.33. The minimum atomic E-state index is -0.0526. The molecule has 0 fully saturated rings. The fraction of sp³-hybridized carbons (Fsp3) is 0.269. The number of carbonyl (C=O) groups is 1. The van der Waals surface area contributed by atoms with Gasteiger partial charge in [0.05, 0.1) is 5.69 Å². The van der Waals surface area contributed by atoms with Crippen LogP contribution in [0.3, 0.4) is 0 Å². The second kappa shape index (κ2) is 10.0. The third-order valence-electron chi connectivity index (χ3n) is 5.49. The third-order valence-corrected chi connectivity index (χ3v) is 5.49. The van der Waals surface area contributed by atoms with E-state index in [0.717, 1.165) is 23.4 Å². The van der Waals surface area contributed by atoms with Crippen LogP contribution in [0.25, 0.3) is 11.3 Å². The van der Waals surface area contributed by atoms with E-state index >= 15 is 0 Å². The summed E-state index contributed by atoms with van der Waals surface area (Å²) in [6, 6.07) is 17.6. The molecule has 158 valence electrons. The van der Waals surface area contributed by atoms with Gasteiger partial charge in [-0.05, 0) is 63.3 Å². The number of allylic oxidation sites excluding steroid dienone is 1. The van der Waals surface area contributed by atoms with E-state index in [0.29, 0.717) is 17.9 Å². The van der Waals surface area contributed by atoms with Crippen molar-refractivity contribution in [3.05, 3.63) is 83.7 Å². The second-order valence-corrected chi connectivity index (χ2v) is 7.98. The van der Waals surface area contributed by atoms with Crippen LogP contribution in [0, 0.1) is 6.92 Å². The number of amides is 1. The summed E-state index contributed by atoms with van der Waals surface area (Å²) in [6.45, 7) is 2.74. The summed E-state index contributed by atoms with van der Waals surface area (Å²) in [5.74, 6) is 0.636. The lowest BCUT2D eigenvalue weighted by atomic mass is 9.97. The molecule has 1 aromatic heterocycles. The van der Waals surface area contributed by atoms with Gasteiger partial charge in [-0.1, -0.05) is 41.5 Å². The lowest BCUT2D eigenvalue weighted by Crippen LogP contribution is -2.24. The van der Waals surface area contributed by atoms with Crippen LogP contribution in [-0.4, -0.2) is 22.4 Å². The number of hydrogen-bond donors (Lipinski definition) is 2. The van der Waals surface area contributed by atoms with Gasteiger partial charge < -0.3 is 10.6 Å². The van der Waals surface area contributed by atoms with Crippen molar-refractivity contribution in [3.63, 3.8) is 0 Å². The zero-order chi connectivity index (χ0) is 21.5. The fourth-order valence-electron chi connectivity index (χ4n) is 3.84. The Balaban J connectivity index is 1.40. The van der Waals surface area contributed by atoms with E-state index in [1.807, 2.05) is 42.5 Å². The highest BCUT2D eigenvalue weighted by Gasteiger charge is 2.09. The van der Waals surface area contributed by atoms with Crippen molar-refractivity contribution in [3.8, 4) is 11.3 Å². The van der Waals surface area contributed by atoms with Crippen LogP contribution in [0.4, 0.5) is 11.5 Å². The Kier molecular flexibility index (Phi) is 6.72. The molecule has 4 rings (SSSR count). The number of rotatable bonds is 7. The highest BCUT2D eigenvalue weighted by Crippen LogP contribution is 2.23. The molecule has 1 aliphatic rings. The molecule has 0 aliphatic heterocycles. The van der Waals surface area contributed by atoms with Gasteiger partial charge in [0.1, 0.15) is 12.1 Å². The Bertz CT molecular complexity index is 1090. The maximum atomic E-state index is 12.6. The molecule has 5 nitrogen and oxygen atoms in total. The van der Waals surface area contributed by atoms with Crippen LogP contribution in [0.2, 0.25) is 0 Å². The first-order valence-corrected chi connectivity index (χ1v) is 10.9. The molecule has 1 amide bonds. The van der Waals surface area contributed by atoms with Crippen LogP contribution in [0.5, 0.6) is 0 Å². The Labute approximate surface area is 183 Å². The van der Waals surface area contributed by atoms with Crippen LogP contribution >= 0.6 is 0 Å². The van der Waals surface area contributed by atoms with Crippen LogP contribution in [0.15, 0.2) is 72.6 Å². The standard InChI is InChI=1S/C26H28N4O/c1-19-7-5-10-21(15-19)24-17-25(29-18-28-24)30-23-12-6-11-22(16-23)26(31)27-14-13-20-8-3-2-4-9-20/h5-8,10-12,15-18H,2-4,9,13-14H2,1H3,(H,27,31)(H,28,29,30). The molecule has 1 aliphatic carbocycles. The van der Waals surface area contributed by atoms with Crippen molar-refractivity contribution < 1.29 is 4.79 Å². The molecular weight excluding hydrogens is 384 g/mol. The smallest absolute Gasteiger partial charge is 0.251 e. The number of aromatic nitrogens is 2. The average Bonchev–Trinajstić information content (AvgIpc) is 2.80. The van der Waals surface area contributed by atoms with Gasteiger partial charge in [0.15, 0.2) is 0 Å². The Morgan fingerprint density at radius 2 is 1.94 bits per heavy atom. The molecule has 2 N–H and O–H groups in total. The van der Waals surface area contributed by atoms with Gasteiger partial charge >= 0.3 is 0 Å². The highest BCUT2D eigenvalue weighted by molar-refractivity contribution is 5.95. The summed E-state index contributed by atoms with van der Waals surface area (Å²) in [5.41, 5.74) is 6.00. The Morgan fingerprint density at radius 3 is 2.77 bits per heavy atom. The third kappa shape index (κ3) is 5.79. The molecule has 2 aromatic carbocycles. The van der Waals surface area contributed by atoms with Crippen molar-refractivity contribution in [1.82, 2.24) is 15.3 Å². The summed E-state index contributed by atoms with van der Waals surface area (Å²) in [6.07, 6.45) is 9.71.